The number of hydrogen-bond donors (Lipinski definition) is 1. The third-order valence-electron chi connectivity index (χ3n) is 5.60. The second kappa shape index (κ2) is 10.2. The Hall–Kier alpha value is -3.51. The van der Waals surface area contributed by atoms with Crippen molar-refractivity contribution in [2.45, 2.75) is 25.5 Å². The average molecular weight is 430 g/mol. The van der Waals surface area contributed by atoms with Crippen LogP contribution in [0.1, 0.15) is 33.2 Å². The molecule has 4 rings (SSSR count). The fourth-order valence-electron chi connectivity index (χ4n) is 3.92. The van der Waals surface area contributed by atoms with Crippen LogP contribution >= 0.6 is 0 Å². The summed E-state index contributed by atoms with van der Waals surface area (Å²) in [6, 6.07) is 20.3. The second-order valence-electron chi connectivity index (χ2n) is 8.02. The van der Waals surface area contributed by atoms with E-state index in [4.69, 9.17) is 4.74 Å². The van der Waals surface area contributed by atoms with E-state index in [1.54, 1.807) is 23.4 Å². The molecule has 6 nitrogen and oxygen atoms in total. The summed E-state index contributed by atoms with van der Waals surface area (Å²) in [7, 11) is 0. The standard InChI is InChI=1S/C26H27N3O3/c1-19-7-5-10-21(15-19)25(30)28-23(16-20-8-3-2-4-9-20)26(31)29-13-14-32-24(18-29)22-11-6-12-27-17-22/h2-12,15,17,23-24H,13-14,16,18H2,1H3,(H,28,30). The highest BCUT2D eigenvalue weighted by Gasteiger charge is 2.31. The number of hydrogen-bond acceptors (Lipinski definition) is 4. The van der Waals surface area contributed by atoms with Gasteiger partial charge in [0.05, 0.1) is 13.2 Å². The van der Waals surface area contributed by atoms with Gasteiger partial charge < -0.3 is 15.0 Å². The molecule has 1 N–H and O–H groups in total. The van der Waals surface area contributed by atoms with Crippen LogP contribution in [0.5, 0.6) is 0 Å². The van der Waals surface area contributed by atoms with Crippen molar-refractivity contribution >= 4 is 11.8 Å². The van der Waals surface area contributed by atoms with Crippen LogP contribution in [0.3, 0.4) is 0 Å². The van der Waals surface area contributed by atoms with Gasteiger partial charge in [-0.2, -0.15) is 0 Å². The van der Waals surface area contributed by atoms with Crippen LogP contribution in [0.4, 0.5) is 0 Å². The number of nitrogens with one attached hydrogen (secondary N) is 1. The predicted molar refractivity (Wildman–Crippen MR) is 122 cm³/mol. The molecular formula is C26H27N3O3. The Morgan fingerprint density at radius 3 is 2.72 bits per heavy atom. The van der Waals surface area contributed by atoms with Crippen LogP contribution in [0, 0.1) is 6.92 Å². The Balaban J connectivity index is 1.53. The maximum absolute atomic E-state index is 13.6. The smallest absolute Gasteiger partial charge is 0.251 e. The van der Waals surface area contributed by atoms with E-state index in [1.807, 2.05) is 67.6 Å². The highest BCUT2D eigenvalue weighted by Crippen LogP contribution is 2.22. The lowest BCUT2D eigenvalue weighted by Crippen LogP contribution is -2.53. The van der Waals surface area contributed by atoms with Gasteiger partial charge in [0.25, 0.3) is 5.91 Å². The molecular weight excluding hydrogens is 402 g/mol. The molecule has 6 heteroatoms. The largest absolute Gasteiger partial charge is 0.370 e. The van der Waals surface area contributed by atoms with E-state index >= 15 is 0 Å². The molecule has 2 unspecified atom stereocenters. The van der Waals surface area contributed by atoms with Crippen LogP contribution in [-0.2, 0) is 16.0 Å². The Morgan fingerprint density at radius 1 is 1.12 bits per heavy atom. The molecule has 1 fully saturated rings. The molecule has 2 heterocycles. The van der Waals surface area contributed by atoms with Gasteiger partial charge in [0, 0.05) is 36.5 Å². The van der Waals surface area contributed by atoms with Crippen LogP contribution in [0.2, 0.25) is 0 Å². The molecule has 0 aliphatic carbocycles. The number of amides is 2. The molecule has 2 aromatic carbocycles. The van der Waals surface area contributed by atoms with E-state index in [1.165, 1.54) is 0 Å². The minimum absolute atomic E-state index is 0.105. The zero-order chi connectivity index (χ0) is 22.3. The van der Waals surface area contributed by atoms with Gasteiger partial charge in [-0.25, -0.2) is 0 Å². The van der Waals surface area contributed by atoms with Crippen molar-refractivity contribution in [3.63, 3.8) is 0 Å². The van der Waals surface area contributed by atoms with Crippen LogP contribution in [-0.4, -0.2) is 47.4 Å². The molecule has 0 radical (unpaired) electrons. The molecule has 0 saturated carbocycles. The third-order valence-corrected chi connectivity index (χ3v) is 5.60. The average Bonchev–Trinajstić information content (AvgIpc) is 2.84. The van der Waals surface area contributed by atoms with Gasteiger partial charge in [-0.1, -0.05) is 54.1 Å². The molecule has 0 spiro atoms. The van der Waals surface area contributed by atoms with Crippen LogP contribution in [0.15, 0.2) is 79.1 Å². The molecule has 3 aromatic rings. The molecule has 2 atom stereocenters. The summed E-state index contributed by atoms with van der Waals surface area (Å²) in [6.07, 6.45) is 3.67. The minimum atomic E-state index is -0.668. The lowest BCUT2D eigenvalue weighted by atomic mass is 10.0. The summed E-state index contributed by atoms with van der Waals surface area (Å²) in [5.74, 6) is -0.355. The van der Waals surface area contributed by atoms with Crippen LogP contribution < -0.4 is 5.32 Å². The number of carbonyl (C=O) groups is 2. The summed E-state index contributed by atoms with van der Waals surface area (Å²) >= 11 is 0. The molecule has 1 aliphatic heterocycles. The first-order valence-corrected chi connectivity index (χ1v) is 10.8. The van der Waals surface area contributed by atoms with Crippen molar-refractivity contribution in [1.29, 1.82) is 0 Å². The number of aromatic nitrogens is 1. The third kappa shape index (κ3) is 5.39. The van der Waals surface area contributed by atoms with E-state index in [9.17, 15) is 9.59 Å². The lowest BCUT2D eigenvalue weighted by Gasteiger charge is -2.35. The predicted octanol–water partition coefficient (Wildman–Crippen LogP) is 3.33. The van der Waals surface area contributed by atoms with E-state index in [0.29, 0.717) is 31.7 Å². The van der Waals surface area contributed by atoms with Gasteiger partial charge in [-0.3, -0.25) is 14.6 Å². The highest BCUT2D eigenvalue weighted by atomic mass is 16.5. The van der Waals surface area contributed by atoms with Crippen LogP contribution in [0.25, 0.3) is 0 Å². The van der Waals surface area contributed by atoms with Gasteiger partial charge in [-0.05, 0) is 30.7 Å². The number of morpholine rings is 1. The molecule has 1 saturated heterocycles. The van der Waals surface area contributed by atoms with Gasteiger partial charge in [0.15, 0.2) is 0 Å². The molecule has 1 aromatic heterocycles. The number of carbonyl (C=O) groups excluding carboxylic acids is 2. The van der Waals surface area contributed by atoms with E-state index in [0.717, 1.165) is 16.7 Å². The second-order valence-corrected chi connectivity index (χ2v) is 8.02. The summed E-state index contributed by atoms with van der Waals surface area (Å²) in [5.41, 5.74) is 3.48. The Kier molecular flexibility index (Phi) is 6.92. The number of benzene rings is 2. The summed E-state index contributed by atoms with van der Waals surface area (Å²) in [5, 5.41) is 2.98. The van der Waals surface area contributed by atoms with Crippen molar-refractivity contribution in [3.8, 4) is 0 Å². The Bertz CT molecular complexity index is 1060. The number of aryl methyl sites for hydroxylation is 1. The maximum Gasteiger partial charge on any atom is 0.251 e. The van der Waals surface area contributed by atoms with E-state index in [-0.39, 0.29) is 17.9 Å². The topological polar surface area (TPSA) is 71.5 Å². The fourth-order valence-corrected chi connectivity index (χ4v) is 3.92. The molecule has 1 aliphatic rings. The van der Waals surface area contributed by atoms with Gasteiger partial charge in [0.1, 0.15) is 12.1 Å². The number of rotatable bonds is 6. The Morgan fingerprint density at radius 2 is 1.97 bits per heavy atom. The van der Waals surface area contributed by atoms with Crippen molar-refractivity contribution < 1.29 is 14.3 Å². The number of nitrogens with zero attached hydrogens (tertiary/aromatic N) is 2. The summed E-state index contributed by atoms with van der Waals surface area (Å²) in [4.78, 5) is 32.5. The van der Waals surface area contributed by atoms with Crippen molar-refractivity contribution in [3.05, 3.63) is 101 Å². The highest BCUT2D eigenvalue weighted by molar-refractivity contribution is 5.97. The lowest BCUT2D eigenvalue weighted by molar-refractivity contribution is -0.141. The summed E-state index contributed by atoms with van der Waals surface area (Å²) in [6.45, 7) is 3.29. The first-order chi connectivity index (χ1) is 15.6. The number of ether oxygens (including phenoxy) is 1. The fraction of sp³-hybridized carbons (Fsp3) is 0.269. The zero-order valence-corrected chi connectivity index (χ0v) is 18.1. The van der Waals surface area contributed by atoms with Crippen molar-refractivity contribution in [2.75, 3.05) is 19.7 Å². The van der Waals surface area contributed by atoms with E-state index < -0.39 is 6.04 Å². The monoisotopic (exact) mass is 429 g/mol. The number of pyridine rings is 1. The van der Waals surface area contributed by atoms with Gasteiger partial charge in [0.2, 0.25) is 5.91 Å². The van der Waals surface area contributed by atoms with Crippen molar-refractivity contribution in [2.24, 2.45) is 0 Å². The normalized spacial score (nSPS) is 16.9. The molecule has 0 bridgehead atoms. The maximum atomic E-state index is 13.6. The first-order valence-electron chi connectivity index (χ1n) is 10.8. The molecule has 2 amide bonds. The van der Waals surface area contributed by atoms with Gasteiger partial charge in [-0.15, -0.1) is 0 Å². The first kappa shape index (κ1) is 21.7. The Labute approximate surface area is 188 Å². The quantitative estimate of drug-likeness (QED) is 0.653. The summed E-state index contributed by atoms with van der Waals surface area (Å²) < 4.78 is 5.88. The SMILES string of the molecule is Cc1cccc(C(=O)NC(Cc2ccccc2)C(=O)N2CCOC(c3cccnc3)C2)c1. The molecule has 32 heavy (non-hydrogen) atoms. The van der Waals surface area contributed by atoms with E-state index in [2.05, 4.69) is 10.3 Å². The van der Waals surface area contributed by atoms with Crippen molar-refractivity contribution in [1.82, 2.24) is 15.2 Å². The van der Waals surface area contributed by atoms with Gasteiger partial charge >= 0.3 is 0 Å². The minimum Gasteiger partial charge on any atom is -0.370 e. The molecule has 164 valence electrons. The zero-order valence-electron chi connectivity index (χ0n) is 18.1.